The Hall–Kier alpha value is -2.62. The van der Waals surface area contributed by atoms with Crippen molar-refractivity contribution in [2.75, 3.05) is 10.5 Å². The molecule has 1 heterocycles. The van der Waals surface area contributed by atoms with Crippen molar-refractivity contribution in [1.82, 2.24) is 9.78 Å². The maximum absolute atomic E-state index is 12.3. The average molecular weight is 311 g/mol. The van der Waals surface area contributed by atoms with Gasteiger partial charge in [0, 0.05) is 25.2 Å². The fourth-order valence-electron chi connectivity index (χ4n) is 1.77. The highest BCUT2D eigenvalue weighted by molar-refractivity contribution is 7.92. The number of sulfonamides is 1. The molecule has 112 valence electrons. The van der Waals surface area contributed by atoms with Crippen molar-refractivity contribution in [3.63, 3.8) is 0 Å². The monoisotopic (exact) mass is 311 g/mol. The molecular weight excluding hydrogens is 298 g/mol. The van der Waals surface area contributed by atoms with Crippen molar-refractivity contribution in [3.05, 3.63) is 40.1 Å². The van der Waals surface area contributed by atoms with Crippen molar-refractivity contribution in [2.45, 2.75) is 11.8 Å². The molecule has 2 rings (SSSR count). The fourth-order valence-corrected chi connectivity index (χ4v) is 3.00. The van der Waals surface area contributed by atoms with Crippen molar-refractivity contribution in [1.29, 1.82) is 0 Å². The van der Waals surface area contributed by atoms with Crippen molar-refractivity contribution >= 4 is 27.2 Å². The Kier molecular flexibility index (Phi) is 3.56. The largest absolute Gasteiger partial charge is 0.398 e. The highest BCUT2D eigenvalue weighted by atomic mass is 32.2. The van der Waals surface area contributed by atoms with Crippen LogP contribution in [0.25, 0.3) is 0 Å². The van der Waals surface area contributed by atoms with Crippen molar-refractivity contribution in [3.8, 4) is 0 Å². The van der Waals surface area contributed by atoms with Gasteiger partial charge in [-0.2, -0.15) is 5.10 Å². The van der Waals surface area contributed by atoms with E-state index in [-0.39, 0.29) is 22.1 Å². The number of aryl methyl sites for hydroxylation is 2. The number of non-ortho nitro benzene ring substituents is 1. The lowest BCUT2D eigenvalue weighted by atomic mass is 10.3. The minimum atomic E-state index is -4.05. The Morgan fingerprint density at radius 3 is 2.57 bits per heavy atom. The van der Waals surface area contributed by atoms with Gasteiger partial charge in [-0.1, -0.05) is 0 Å². The van der Waals surface area contributed by atoms with E-state index in [9.17, 15) is 18.5 Å². The molecule has 1 aromatic heterocycles. The number of nitrogens with one attached hydrogen (secondary N) is 1. The van der Waals surface area contributed by atoms with E-state index in [1.165, 1.54) is 16.8 Å². The van der Waals surface area contributed by atoms with Crippen LogP contribution >= 0.6 is 0 Å². The van der Waals surface area contributed by atoms with E-state index in [0.717, 1.165) is 12.1 Å². The molecule has 0 aliphatic carbocycles. The topological polar surface area (TPSA) is 133 Å². The third-order valence-corrected chi connectivity index (χ3v) is 4.15. The molecular formula is C11H13N5O4S. The Labute approximate surface area is 120 Å². The molecule has 0 fully saturated rings. The molecule has 0 atom stereocenters. The Morgan fingerprint density at radius 1 is 1.38 bits per heavy atom. The lowest BCUT2D eigenvalue weighted by Gasteiger charge is -2.09. The van der Waals surface area contributed by atoms with Crippen LogP contribution in [0.1, 0.15) is 5.69 Å². The summed E-state index contributed by atoms with van der Waals surface area (Å²) in [7, 11) is -2.48. The summed E-state index contributed by atoms with van der Waals surface area (Å²) in [4.78, 5) is 9.70. The first-order valence-corrected chi connectivity index (χ1v) is 7.26. The predicted octanol–water partition coefficient (Wildman–Crippen LogP) is 1.02. The third-order valence-electron chi connectivity index (χ3n) is 2.74. The van der Waals surface area contributed by atoms with Crippen LogP contribution < -0.4 is 10.5 Å². The molecule has 0 unspecified atom stereocenters. The van der Waals surface area contributed by atoms with E-state index in [4.69, 9.17) is 5.73 Å². The number of anilines is 2. The van der Waals surface area contributed by atoms with E-state index in [0.29, 0.717) is 5.69 Å². The van der Waals surface area contributed by atoms with Crippen LogP contribution in [0.5, 0.6) is 0 Å². The summed E-state index contributed by atoms with van der Waals surface area (Å²) in [5.41, 5.74) is 5.80. The SMILES string of the molecule is Cc1cc(NS(=O)(=O)c2cc([N+](=O)[O-])ccc2N)n(C)n1. The normalized spacial score (nSPS) is 11.3. The van der Waals surface area contributed by atoms with E-state index >= 15 is 0 Å². The van der Waals surface area contributed by atoms with Gasteiger partial charge in [0.05, 0.1) is 16.3 Å². The first-order chi connectivity index (χ1) is 9.70. The maximum atomic E-state index is 12.3. The quantitative estimate of drug-likeness (QED) is 0.492. The zero-order valence-corrected chi connectivity index (χ0v) is 12.1. The summed E-state index contributed by atoms with van der Waals surface area (Å²) < 4.78 is 28.3. The number of rotatable bonds is 4. The van der Waals surface area contributed by atoms with Crippen LogP contribution in [0, 0.1) is 17.0 Å². The summed E-state index contributed by atoms with van der Waals surface area (Å²) in [6, 6.07) is 4.77. The van der Waals surface area contributed by atoms with Crippen LogP contribution in [-0.2, 0) is 17.1 Å². The summed E-state index contributed by atoms with van der Waals surface area (Å²) in [6.45, 7) is 1.71. The minimum absolute atomic E-state index is 0.0769. The zero-order chi connectivity index (χ0) is 15.8. The third kappa shape index (κ3) is 2.94. The molecule has 10 heteroatoms. The highest BCUT2D eigenvalue weighted by Gasteiger charge is 2.22. The Morgan fingerprint density at radius 2 is 2.05 bits per heavy atom. The summed E-state index contributed by atoms with van der Waals surface area (Å²) in [6.07, 6.45) is 0. The highest BCUT2D eigenvalue weighted by Crippen LogP contribution is 2.26. The number of hydrogen-bond donors (Lipinski definition) is 2. The van der Waals surface area contributed by atoms with Crippen LogP contribution in [0.15, 0.2) is 29.2 Å². The second-order valence-electron chi connectivity index (χ2n) is 4.38. The van der Waals surface area contributed by atoms with Gasteiger partial charge in [-0.25, -0.2) is 8.42 Å². The van der Waals surface area contributed by atoms with E-state index < -0.39 is 14.9 Å². The lowest BCUT2D eigenvalue weighted by Crippen LogP contribution is -2.17. The van der Waals surface area contributed by atoms with Crippen molar-refractivity contribution in [2.24, 2.45) is 7.05 Å². The average Bonchev–Trinajstić information content (AvgIpc) is 2.67. The molecule has 0 bridgehead atoms. The van der Waals surface area contributed by atoms with Gasteiger partial charge in [0.15, 0.2) is 0 Å². The van der Waals surface area contributed by atoms with Crippen molar-refractivity contribution < 1.29 is 13.3 Å². The molecule has 0 aliphatic heterocycles. The number of hydrogen-bond acceptors (Lipinski definition) is 6. The van der Waals surface area contributed by atoms with Crippen LogP contribution in [0.2, 0.25) is 0 Å². The van der Waals surface area contributed by atoms with Gasteiger partial charge in [0.25, 0.3) is 15.7 Å². The molecule has 21 heavy (non-hydrogen) atoms. The first-order valence-electron chi connectivity index (χ1n) is 5.78. The number of aromatic nitrogens is 2. The maximum Gasteiger partial charge on any atom is 0.270 e. The number of nitrogen functional groups attached to an aromatic ring is 1. The van der Waals surface area contributed by atoms with Crippen LogP contribution in [0.3, 0.4) is 0 Å². The molecule has 9 nitrogen and oxygen atoms in total. The molecule has 0 amide bonds. The number of nitro groups is 1. The van der Waals surface area contributed by atoms with E-state index in [1.807, 2.05) is 0 Å². The van der Waals surface area contributed by atoms with E-state index in [1.54, 1.807) is 14.0 Å². The van der Waals surface area contributed by atoms with Gasteiger partial charge in [0.1, 0.15) is 10.7 Å². The van der Waals surface area contributed by atoms with Crippen LogP contribution in [0.4, 0.5) is 17.2 Å². The smallest absolute Gasteiger partial charge is 0.270 e. The summed E-state index contributed by atoms with van der Waals surface area (Å²) in [5, 5.41) is 14.7. The Bertz CT molecular complexity index is 812. The molecule has 0 aliphatic rings. The van der Waals surface area contributed by atoms with Gasteiger partial charge in [-0.15, -0.1) is 0 Å². The number of nitro benzene ring substituents is 1. The molecule has 3 N–H and O–H groups in total. The molecule has 2 aromatic rings. The summed E-state index contributed by atoms with van der Waals surface area (Å²) >= 11 is 0. The molecule has 0 saturated heterocycles. The van der Waals surface area contributed by atoms with Gasteiger partial charge < -0.3 is 5.73 Å². The van der Waals surface area contributed by atoms with E-state index in [2.05, 4.69) is 9.82 Å². The molecule has 1 aromatic carbocycles. The van der Waals surface area contributed by atoms with Gasteiger partial charge in [-0.3, -0.25) is 19.5 Å². The first kappa shape index (κ1) is 14.8. The van der Waals surface area contributed by atoms with Gasteiger partial charge in [0.2, 0.25) is 0 Å². The second kappa shape index (κ2) is 5.05. The zero-order valence-electron chi connectivity index (χ0n) is 11.3. The van der Waals surface area contributed by atoms with Crippen LogP contribution in [-0.4, -0.2) is 23.1 Å². The van der Waals surface area contributed by atoms with Gasteiger partial charge >= 0.3 is 0 Å². The number of nitrogens with zero attached hydrogens (tertiary/aromatic N) is 3. The molecule has 0 saturated carbocycles. The number of nitrogens with two attached hydrogens (primary N) is 1. The standard InChI is InChI=1S/C11H13N5O4S/c1-7-5-11(15(2)13-7)14-21(19,20)10-6-8(16(17)18)3-4-9(10)12/h3-6,14H,12H2,1-2H3. The van der Waals surface area contributed by atoms with Gasteiger partial charge in [-0.05, 0) is 13.0 Å². The molecule has 0 radical (unpaired) electrons. The summed E-state index contributed by atoms with van der Waals surface area (Å²) in [5.74, 6) is 0.235. The fraction of sp³-hybridized carbons (Fsp3) is 0.182. The Balaban J connectivity index is 2.46. The predicted molar refractivity (Wildman–Crippen MR) is 76.3 cm³/mol. The second-order valence-corrected chi connectivity index (χ2v) is 6.03. The lowest BCUT2D eigenvalue weighted by molar-refractivity contribution is -0.385. The minimum Gasteiger partial charge on any atom is -0.398 e. The number of benzene rings is 1. The molecule has 0 spiro atoms.